The summed E-state index contributed by atoms with van der Waals surface area (Å²) >= 11 is 7.38. The molecule has 0 aliphatic heterocycles. The van der Waals surface area contributed by atoms with E-state index in [1.807, 2.05) is 73.9 Å². The predicted octanol–water partition coefficient (Wildman–Crippen LogP) is 4.72. The number of thioether (sulfide) groups is 1. The van der Waals surface area contributed by atoms with E-state index in [1.165, 1.54) is 17.3 Å². The monoisotopic (exact) mass is 414 g/mol. The van der Waals surface area contributed by atoms with Crippen molar-refractivity contribution in [3.63, 3.8) is 0 Å². The van der Waals surface area contributed by atoms with Crippen molar-refractivity contribution in [3.05, 3.63) is 64.7 Å². The zero-order valence-corrected chi connectivity index (χ0v) is 17.7. The fraction of sp³-hybridized carbons (Fsp3) is 0.286. The van der Waals surface area contributed by atoms with Crippen molar-refractivity contribution >= 4 is 29.3 Å². The van der Waals surface area contributed by atoms with Gasteiger partial charge in [-0.15, -0.1) is 10.2 Å². The van der Waals surface area contributed by atoms with Crippen LogP contribution in [0.25, 0.3) is 11.4 Å². The largest absolute Gasteiger partial charge is 0.351 e. The van der Waals surface area contributed by atoms with Crippen LogP contribution in [0, 0.1) is 6.92 Å². The number of aryl methyl sites for hydroxylation is 1. The molecule has 0 radical (unpaired) electrons. The minimum Gasteiger partial charge on any atom is -0.351 e. The summed E-state index contributed by atoms with van der Waals surface area (Å²) in [6, 6.07) is 15.6. The Morgan fingerprint density at radius 2 is 1.82 bits per heavy atom. The van der Waals surface area contributed by atoms with Crippen LogP contribution < -0.4 is 5.32 Å². The molecule has 5 nitrogen and oxygen atoms in total. The van der Waals surface area contributed by atoms with Gasteiger partial charge >= 0.3 is 0 Å². The quantitative estimate of drug-likeness (QED) is 0.568. The molecule has 3 aromatic rings. The molecule has 3 rings (SSSR count). The molecule has 7 heteroatoms. The Bertz CT molecular complexity index is 938. The molecule has 0 bridgehead atoms. The number of carbonyl (C=O) groups is 1. The second kappa shape index (κ2) is 9.26. The van der Waals surface area contributed by atoms with Crippen molar-refractivity contribution < 1.29 is 4.79 Å². The van der Waals surface area contributed by atoms with E-state index in [9.17, 15) is 4.79 Å². The van der Waals surface area contributed by atoms with Crippen LogP contribution in [0.5, 0.6) is 0 Å². The Kier molecular flexibility index (Phi) is 6.75. The lowest BCUT2D eigenvalue weighted by molar-refractivity contribution is -0.120. The Labute approximate surface area is 174 Å². The molecule has 0 unspecified atom stereocenters. The van der Waals surface area contributed by atoms with Crippen LogP contribution in [0.4, 0.5) is 0 Å². The van der Waals surface area contributed by atoms with E-state index in [0.29, 0.717) is 18.1 Å². The summed E-state index contributed by atoms with van der Waals surface area (Å²) in [5.74, 6) is 0.748. The molecule has 1 heterocycles. The van der Waals surface area contributed by atoms with Crippen molar-refractivity contribution in [3.8, 4) is 11.4 Å². The first-order valence-corrected chi connectivity index (χ1v) is 10.4. The van der Waals surface area contributed by atoms with Gasteiger partial charge in [0.1, 0.15) is 0 Å². The smallest absolute Gasteiger partial charge is 0.233 e. The number of carbonyl (C=O) groups excluding carboxylic acids is 1. The number of hydrogen-bond acceptors (Lipinski definition) is 4. The van der Waals surface area contributed by atoms with Crippen molar-refractivity contribution in [1.82, 2.24) is 20.1 Å². The summed E-state index contributed by atoms with van der Waals surface area (Å²) in [6.07, 6.45) is 0. The van der Waals surface area contributed by atoms with Gasteiger partial charge in [0.15, 0.2) is 11.0 Å². The Morgan fingerprint density at radius 3 is 2.46 bits per heavy atom. The zero-order valence-electron chi connectivity index (χ0n) is 16.1. The molecule has 1 N–H and O–H groups in total. The number of nitrogens with zero attached hydrogens (tertiary/aromatic N) is 3. The maximum absolute atomic E-state index is 12.5. The van der Waals surface area contributed by atoms with Gasteiger partial charge in [-0.25, -0.2) is 0 Å². The van der Waals surface area contributed by atoms with Crippen molar-refractivity contribution in [2.45, 2.75) is 44.3 Å². The van der Waals surface area contributed by atoms with Gasteiger partial charge in [-0.2, -0.15) is 0 Å². The number of amides is 1. The molecule has 1 aromatic heterocycles. The first-order valence-electron chi connectivity index (χ1n) is 9.17. The van der Waals surface area contributed by atoms with Crippen molar-refractivity contribution in [2.24, 2.45) is 0 Å². The highest BCUT2D eigenvalue weighted by molar-refractivity contribution is 8.00. The summed E-state index contributed by atoms with van der Waals surface area (Å²) in [5.41, 5.74) is 3.23. The van der Waals surface area contributed by atoms with E-state index in [2.05, 4.69) is 15.5 Å². The standard InChI is InChI=1S/C21H23ClN4OS/c1-4-26-19(17-9-11-18(22)12-10-17)24-25-21(26)28-15(3)20(27)23-13-16-7-5-14(2)6-8-16/h5-12,15H,4,13H2,1-3H3,(H,23,27)/t15-/m0/s1. The molecule has 0 spiro atoms. The van der Waals surface area contributed by atoms with Gasteiger partial charge in [-0.05, 0) is 50.6 Å². The predicted molar refractivity (Wildman–Crippen MR) is 114 cm³/mol. The van der Waals surface area contributed by atoms with E-state index in [-0.39, 0.29) is 11.2 Å². The van der Waals surface area contributed by atoms with Gasteiger partial charge in [-0.1, -0.05) is 53.2 Å². The number of halogens is 1. The molecular weight excluding hydrogens is 392 g/mol. The zero-order chi connectivity index (χ0) is 20.1. The Morgan fingerprint density at radius 1 is 1.14 bits per heavy atom. The third kappa shape index (κ3) is 4.94. The molecule has 1 atom stereocenters. The highest BCUT2D eigenvalue weighted by atomic mass is 35.5. The van der Waals surface area contributed by atoms with Crippen LogP contribution in [0.3, 0.4) is 0 Å². The van der Waals surface area contributed by atoms with Crippen LogP contribution in [0.2, 0.25) is 5.02 Å². The average molecular weight is 415 g/mol. The normalized spacial score (nSPS) is 12.0. The minimum atomic E-state index is -0.280. The van der Waals surface area contributed by atoms with Crippen LogP contribution in [0.1, 0.15) is 25.0 Å². The van der Waals surface area contributed by atoms with E-state index >= 15 is 0 Å². The second-order valence-electron chi connectivity index (χ2n) is 6.52. The van der Waals surface area contributed by atoms with Gasteiger partial charge in [0, 0.05) is 23.7 Å². The molecule has 0 saturated heterocycles. The number of benzene rings is 2. The Hall–Kier alpha value is -2.31. The number of hydrogen-bond donors (Lipinski definition) is 1. The summed E-state index contributed by atoms with van der Waals surface area (Å²) < 4.78 is 2.01. The molecule has 146 valence electrons. The minimum absolute atomic E-state index is 0.0238. The van der Waals surface area contributed by atoms with Crippen molar-refractivity contribution in [1.29, 1.82) is 0 Å². The van der Waals surface area contributed by atoms with E-state index in [1.54, 1.807) is 0 Å². The lowest BCUT2D eigenvalue weighted by Crippen LogP contribution is -2.30. The van der Waals surface area contributed by atoms with Gasteiger partial charge < -0.3 is 9.88 Å². The summed E-state index contributed by atoms with van der Waals surface area (Å²) in [6.45, 7) is 7.19. The van der Waals surface area contributed by atoms with Crippen LogP contribution >= 0.6 is 23.4 Å². The first-order chi connectivity index (χ1) is 13.5. The summed E-state index contributed by atoms with van der Waals surface area (Å²) in [4.78, 5) is 12.5. The molecule has 28 heavy (non-hydrogen) atoms. The molecule has 0 saturated carbocycles. The topological polar surface area (TPSA) is 59.8 Å². The molecule has 1 amide bonds. The van der Waals surface area contributed by atoms with Crippen LogP contribution in [-0.2, 0) is 17.9 Å². The molecular formula is C21H23ClN4OS. The molecule has 2 aromatic carbocycles. The number of aromatic nitrogens is 3. The van der Waals surface area contributed by atoms with E-state index < -0.39 is 0 Å². The van der Waals surface area contributed by atoms with Crippen LogP contribution in [-0.4, -0.2) is 25.9 Å². The fourth-order valence-corrected chi connectivity index (χ4v) is 3.79. The third-order valence-corrected chi connectivity index (χ3v) is 5.71. The number of rotatable bonds is 7. The Balaban J connectivity index is 1.66. The highest BCUT2D eigenvalue weighted by Gasteiger charge is 2.20. The lowest BCUT2D eigenvalue weighted by Gasteiger charge is -2.13. The fourth-order valence-electron chi connectivity index (χ4n) is 2.72. The lowest BCUT2D eigenvalue weighted by atomic mass is 10.1. The van der Waals surface area contributed by atoms with Gasteiger partial charge in [-0.3, -0.25) is 4.79 Å². The van der Waals surface area contributed by atoms with E-state index in [0.717, 1.165) is 22.1 Å². The summed E-state index contributed by atoms with van der Waals surface area (Å²) in [7, 11) is 0. The maximum Gasteiger partial charge on any atom is 0.233 e. The van der Waals surface area contributed by atoms with E-state index in [4.69, 9.17) is 11.6 Å². The highest BCUT2D eigenvalue weighted by Crippen LogP contribution is 2.27. The SMILES string of the molecule is CCn1c(S[C@@H](C)C(=O)NCc2ccc(C)cc2)nnc1-c1ccc(Cl)cc1. The van der Waals surface area contributed by atoms with Crippen LogP contribution in [0.15, 0.2) is 53.7 Å². The first kappa shape index (κ1) is 20.4. The van der Waals surface area contributed by atoms with Crippen molar-refractivity contribution in [2.75, 3.05) is 0 Å². The van der Waals surface area contributed by atoms with Gasteiger partial charge in [0.2, 0.25) is 5.91 Å². The molecule has 0 aliphatic rings. The molecule has 0 aliphatic carbocycles. The third-order valence-electron chi connectivity index (χ3n) is 4.37. The summed E-state index contributed by atoms with van der Waals surface area (Å²) in [5, 5.41) is 12.7. The molecule has 0 fully saturated rings. The second-order valence-corrected chi connectivity index (χ2v) is 8.27. The van der Waals surface area contributed by atoms with Gasteiger partial charge in [0.25, 0.3) is 0 Å². The average Bonchev–Trinajstić information content (AvgIpc) is 3.10. The maximum atomic E-state index is 12.5. The van der Waals surface area contributed by atoms with Gasteiger partial charge in [0.05, 0.1) is 5.25 Å². The number of nitrogens with one attached hydrogen (secondary N) is 1.